The number of aliphatic hydroxyl groups is 1. The van der Waals surface area contributed by atoms with Crippen molar-refractivity contribution in [3.8, 4) is 11.4 Å². The molecule has 0 spiro atoms. The molecule has 0 bridgehead atoms. The highest BCUT2D eigenvalue weighted by Crippen LogP contribution is 2.24. The summed E-state index contributed by atoms with van der Waals surface area (Å²) in [4.78, 5) is 8.25. The minimum Gasteiger partial charge on any atom is -0.392 e. The van der Waals surface area contributed by atoms with E-state index in [9.17, 15) is 5.11 Å². The van der Waals surface area contributed by atoms with Gasteiger partial charge in [0.2, 0.25) is 11.7 Å². The molecule has 0 aromatic carbocycles. The van der Waals surface area contributed by atoms with Crippen molar-refractivity contribution < 1.29 is 9.63 Å². The topological polar surface area (TPSA) is 84.1 Å². The minimum absolute atomic E-state index is 0.0481. The van der Waals surface area contributed by atoms with E-state index in [1.54, 1.807) is 12.4 Å². The first-order chi connectivity index (χ1) is 8.33. The number of rotatable bonds is 2. The van der Waals surface area contributed by atoms with Crippen molar-refractivity contribution in [2.45, 2.75) is 18.6 Å². The average Bonchev–Trinajstić information content (AvgIpc) is 2.98. The molecule has 88 valence electrons. The van der Waals surface area contributed by atoms with Gasteiger partial charge in [-0.3, -0.25) is 4.98 Å². The van der Waals surface area contributed by atoms with Crippen LogP contribution in [0, 0.1) is 0 Å². The Kier molecular flexibility index (Phi) is 2.58. The largest absolute Gasteiger partial charge is 0.392 e. The van der Waals surface area contributed by atoms with Gasteiger partial charge in [0, 0.05) is 24.5 Å². The van der Waals surface area contributed by atoms with Gasteiger partial charge in [-0.2, -0.15) is 4.98 Å². The van der Waals surface area contributed by atoms with E-state index in [1.807, 2.05) is 12.1 Å². The van der Waals surface area contributed by atoms with Crippen LogP contribution in [0.2, 0.25) is 0 Å². The Morgan fingerprint density at radius 3 is 2.88 bits per heavy atom. The Labute approximate surface area is 97.7 Å². The molecule has 6 heteroatoms. The smallest absolute Gasteiger partial charge is 0.244 e. The molecule has 6 nitrogen and oxygen atoms in total. The number of hydrogen-bond acceptors (Lipinski definition) is 6. The average molecular weight is 232 g/mol. The van der Waals surface area contributed by atoms with Crippen LogP contribution < -0.4 is 5.32 Å². The van der Waals surface area contributed by atoms with Crippen LogP contribution in [0.25, 0.3) is 11.4 Å². The Balaban J connectivity index is 1.84. The molecule has 1 saturated heterocycles. The lowest BCUT2D eigenvalue weighted by Crippen LogP contribution is -2.15. The van der Waals surface area contributed by atoms with Gasteiger partial charge in [0.25, 0.3) is 0 Å². The number of pyridine rings is 1. The fraction of sp³-hybridized carbons (Fsp3) is 0.364. The number of aromatic nitrogens is 3. The fourth-order valence-electron chi connectivity index (χ4n) is 1.90. The standard InChI is InChI=1S/C11H12N4O2/c16-8-5-9(13-6-8)11-14-10(15-17-11)7-1-3-12-4-2-7/h1-4,8-9,13,16H,5-6H2/t8-,9+/m1/s1. The van der Waals surface area contributed by atoms with Crippen LogP contribution in [0.5, 0.6) is 0 Å². The maximum Gasteiger partial charge on any atom is 0.244 e. The summed E-state index contributed by atoms with van der Waals surface area (Å²) in [6.45, 7) is 0.567. The van der Waals surface area contributed by atoms with Gasteiger partial charge in [0.05, 0.1) is 12.1 Å². The van der Waals surface area contributed by atoms with Crippen molar-refractivity contribution >= 4 is 0 Å². The van der Waals surface area contributed by atoms with Crippen molar-refractivity contribution in [3.63, 3.8) is 0 Å². The number of nitrogens with one attached hydrogen (secondary N) is 1. The van der Waals surface area contributed by atoms with Crippen LogP contribution >= 0.6 is 0 Å². The van der Waals surface area contributed by atoms with Crippen molar-refractivity contribution in [3.05, 3.63) is 30.4 Å². The molecule has 0 saturated carbocycles. The SMILES string of the molecule is O[C@H]1CN[C@H](c2nc(-c3ccncc3)no2)C1. The second-order valence-electron chi connectivity index (χ2n) is 4.04. The van der Waals surface area contributed by atoms with Crippen molar-refractivity contribution in [2.24, 2.45) is 0 Å². The summed E-state index contributed by atoms with van der Waals surface area (Å²) in [5.41, 5.74) is 0.869. The molecule has 0 radical (unpaired) electrons. The molecule has 3 heterocycles. The zero-order valence-electron chi connectivity index (χ0n) is 9.08. The van der Waals surface area contributed by atoms with Gasteiger partial charge in [0.15, 0.2) is 0 Å². The van der Waals surface area contributed by atoms with Gasteiger partial charge >= 0.3 is 0 Å². The van der Waals surface area contributed by atoms with Crippen LogP contribution in [0.15, 0.2) is 29.0 Å². The second-order valence-corrected chi connectivity index (χ2v) is 4.04. The Morgan fingerprint density at radius 1 is 1.35 bits per heavy atom. The number of nitrogens with zero attached hydrogens (tertiary/aromatic N) is 3. The molecule has 1 aliphatic rings. The van der Waals surface area contributed by atoms with Crippen LogP contribution in [0.4, 0.5) is 0 Å². The molecule has 2 aromatic heterocycles. The second kappa shape index (κ2) is 4.23. The number of β-amino-alcohol motifs (C(OH)–C–C–N with tert-alkyl or cyclic N) is 1. The highest BCUT2D eigenvalue weighted by Gasteiger charge is 2.28. The summed E-state index contributed by atoms with van der Waals surface area (Å²) in [5.74, 6) is 1.07. The maximum absolute atomic E-state index is 9.42. The summed E-state index contributed by atoms with van der Waals surface area (Å²) in [7, 11) is 0. The van der Waals surface area contributed by atoms with Gasteiger partial charge in [-0.1, -0.05) is 5.16 Å². The van der Waals surface area contributed by atoms with E-state index < -0.39 is 0 Å². The van der Waals surface area contributed by atoms with Crippen molar-refractivity contribution in [2.75, 3.05) is 6.54 Å². The van der Waals surface area contributed by atoms with Gasteiger partial charge in [-0.15, -0.1) is 0 Å². The van der Waals surface area contributed by atoms with Crippen LogP contribution in [-0.2, 0) is 0 Å². The zero-order valence-corrected chi connectivity index (χ0v) is 9.08. The molecule has 2 N–H and O–H groups in total. The van der Waals surface area contributed by atoms with E-state index in [-0.39, 0.29) is 12.1 Å². The summed E-state index contributed by atoms with van der Waals surface area (Å²) in [5, 5.41) is 16.5. The van der Waals surface area contributed by atoms with E-state index in [0.717, 1.165) is 5.56 Å². The highest BCUT2D eigenvalue weighted by atomic mass is 16.5. The molecule has 2 aromatic rings. The highest BCUT2D eigenvalue weighted by molar-refractivity contribution is 5.52. The van der Waals surface area contributed by atoms with Crippen LogP contribution in [0.1, 0.15) is 18.4 Å². The summed E-state index contributed by atoms with van der Waals surface area (Å²) in [6, 6.07) is 3.60. The monoisotopic (exact) mass is 232 g/mol. The first-order valence-corrected chi connectivity index (χ1v) is 5.48. The number of aliphatic hydroxyl groups excluding tert-OH is 1. The summed E-state index contributed by atoms with van der Waals surface area (Å²) in [6.07, 6.45) is 3.64. The Hall–Kier alpha value is -1.79. The molecular weight excluding hydrogens is 220 g/mol. The first kappa shape index (κ1) is 10.4. The van der Waals surface area contributed by atoms with Crippen molar-refractivity contribution in [1.29, 1.82) is 0 Å². The summed E-state index contributed by atoms with van der Waals surface area (Å²) < 4.78 is 5.20. The van der Waals surface area contributed by atoms with E-state index in [1.165, 1.54) is 0 Å². The number of hydrogen-bond donors (Lipinski definition) is 2. The molecule has 17 heavy (non-hydrogen) atoms. The van der Waals surface area contributed by atoms with E-state index in [4.69, 9.17) is 4.52 Å². The van der Waals surface area contributed by atoms with Gasteiger partial charge in [-0.05, 0) is 18.6 Å². The molecule has 0 aliphatic carbocycles. The fourth-order valence-corrected chi connectivity index (χ4v) is 1.90. The molecule has 3 rings (SSSR count). The summed E-state index contributed by atoms with van der Waals surface area (Å²) >= 11 is 0. The van der Waals surface area contributed by atoms with Crippen molar-refractivity contribution in [1.82, 2.24) is 20.4 Å². The lowest BCUT2D eigenvalue weighted by atomic mass is 10.2. The lowest BCUT2D eigenvalue weighted by molar-refractivity contribution is 0.191. The zero-order chi connectivity index (χ0) is 11.7. The van der Waals surface area contributed by atoms with Gasteiger partial charge in [0.1, 0.15) is 0 Å². The maximum atomic E-state index is 9.42. The third-order valence-electron chi connectivity index (χ3n) is 2.79. The Bertz CT molecular complexity index is 499. The third-order valence-corrected chi connectivity index (χ3v) is 2.79. The molecule has 2 atom stereocenters. The van der Waals surface area contributed by atoms with Crippen LogP contribution in [0.3, 0.4) is 0 Å². The molecule has 0 unspecified atom stereocenters. The molecule has 1 aliphatic heterocycles. The molecular formula is C11H12N4O2. The van der Waals surface area contributed by atoms with E-state index in [2.05, 4.69) is 20.4 Å². The van der Waals surface area contributed by atoms with Gasteiger partial charge < -0.3 is 14.9 Å². The normalized spacial score (nSPS) is 24.1. The quantitative estimate of drug-likeness (QED) is 0.785. The predicted molar refractivity (Wildman–Crippen MR) is 58.9 cm³/mol. The van der Waals surface area contributed by atoms with Gasteiger partial charge in [-0.25, -0.2) is 0 Å². The predicted octanol–water partition coefficient (Wildman–Crippen LogP) is 0.527. The third kappa shape index (κ3) is 2.04. The van der Waals surface area contributed by atoms with Crippen LogP contribution in [-0.4, -0.2) is 32.9 Å². The van der Waals surface area contributed by atoms with E-state index in [0.29, 0.717) is 24.7 Å². The van der Waals surface area contributed by atoms with E-state index >= 15 is 0 Å². The lowest BCUT2D eigenvalue weighted by Gasteiger charge is -2.01. The molecule has 0 amide bonds. The Morgan fingerprint density at radius 2 is 2.18 bits per heavy atom. The minimum atomic E-state index is -0.337. The first-order valence-electron chi connectivity index (χ1n) is 5.48. The molecule has 1 fully saturated rings.